The van der Waals surface area contributed by atoms with Crippen molar-refractivity contribution in [1.82, 2.24) is 9.88 Å². The summed E-state index contributed by atoms with van der Waals surface area (Å²) in [5, 5.41) is 0.292. The van der Waals surface area contributed by atoms with Crippen LogP contribution in [0, 0.1) is 5.41 Å². The number of carbonyl (C=O) groups excluding carboxylic acids is 1. The van der Waals surface area contributed by atoms with Gasteiger partial charge in [0.1, 0.15) is 5.15 Å². The minimum atomic E-state index is -0.0727. The van der Waals surface area contributed by atoms with Gasteiger partial charge in [0.2, 0.25) is 0 Å². The Balaban J connectivity index is 2.11. The Kier molecular flexibility index (Phi) is 4.23. The standard InChI is InChI=1S/C15H22ClN3O/c1-15(2)6-4-10(5-7-15)19(3)14(20)11-8-13(16)18-9-12(11)17/h8-10H,4-7,17H2,1-3H3. The second kappa shape index (κ2) is 5.60. The second-order valence-corrected chi connectivity index (χ2v) is 6.79. The molecule has 110 valence electrons. The molecule has 1 aromatic heterocycles. The SMILES string of the molecule is CN(C(=O)c1cc(Cl)ncc1N)C1CCC(C)(C)CC1. The monoisotopic (exact) mass is 295 g/mol. The van der Waals surface area contributed by atoms with Gasteiger partial charge in [-0.3, -0.25) is 4.79 Å². The number of carbonyl (C=O) groups is 1. The summed E-state index contributed by atoms with van der Waals surface area (Å²) in [6.45, 7) is 4.57. The summed E-state index contributed by atoms with van der Waals surface area (Å²) in [6, 6.07) is 1.82. The molecule has 4 nitrogen and oxygen atoms in total. The average Bonchev–Trinajstić information content (AvgIpc) is 2.40. The summed E-state index contributed by atoms with van der Waals surface area (Å²) in [5.41, 5.74) is 7.04. The van der Waals surface area contributed by atoms with Gasteiger partial charge in [0.25, 0.3) is 5.91 Å². The summed E-state index contributed by atoms with van der Waals surface area (Å²) < 4.78 is 0. The highest BCUT2D eigenvalue weighted by Crippen LogP contribution is 2.37. The van der Waals surface area contributed by atoms with Crippen molar-refractivity contribution in [3.05, 3.63) is 23.0 Å². The molecule has 5 heteroatoms. The molecule has 0 aliphatic heterocycles. The van der Waals surface area contributed by atoms with Gasteiger partial charge in [0, 0.05) is 13.1 Å². The van der Waals surface area contributed by atoms with E-state index in [1.807, 2.05) is 7.05 Å². The molecule has 0 radical (unpaired) electrons. The highest BCUT2D eigenvalue weighted by atomic mass is 35.5. The van der Waals surface area contributed by atoms with Crippen molar-refractivity contribution in [3.63, 3.8) is 0 Å². The van der Waals surface area contributed by atoms with Crippen molar-refractivity contribution < 1.29 is 4.79 Å². The zero-order valence-corrected chi connectivity index (χ0v) is 13.1. The van der Waals surface area contributed by atoms with Crippen LogP contribution in [0.4, 0.5) is 5.69 Å². The van der Waals surface area contributed by atoms with Crippen molar-refractivity contribution in [1.29, 1.82) is 0 Å². The zero-order valence-electron chi connectivity index (χ0n) is 12.3. The molecule has 1 aromatic rings. The highest BCUT2D eigenvalue weighted by molar-refractivity contribution is 6.29. The summed E-state index contributed by atoms with van der Waals surface area (Å²) in [4.78, 5) is 18.2. The Morgan fingerprint density at radius 1 is 1.45 bits per heavy atom. The maximum Gasteiger partial charge on any atom is 0.256 e. The van der Waals surface area contributed by atoms with Crippen LogP contribution in [-0.2, 0) is 0 Å². The minimum absolute atomic E-state index is 0.0727. The first-order valence-electron chi connectivity index (χ1n) is 6.98. The molecule has 2 rings (SSSR count). The molecule has 1 saturated carbocycles. The summed E-state index contributed by atoms with van der Waals surface area (Å²) in [6.07, 6.45) is 5.79. The largest absolute Gasteiger partial charge is 0.397 e. The zero-order chi connectivity index (χ0) is 14.9. The predicted octanol–water partition coefficient (Wildman–Crippen LogP) is 3.36. The molecule has 0 spiro atoms. The van der Waals surface area contributed by atoms with E-state index < -0.39 is 0 Å². The molecule has 20 heavy (non-hydrogen) atoms. The summed E-state index contributed by atoms with van der Waals surface area (Å²) >= 11 is 5.85. The van der Waals surface area contributed by atoms with Gasteiger partial charge >= 0.3 is 0 Å². The van der Waals surface area contributed by atoms with Gasteiger partial charge in [-0.25, -0.2) is 4.98 Å². The molecule has 0 bridgehead atoms. The van der Waals surface area contributed by atoms with Gasteiger partial charge in [-0.2, -0.15) is 0 Å². The molecule has 2 N–H and O–H groups in total. The molecule has 1 fully saturated rings. The van der Waals surface area contributed by atoms with Crippen molar-refractivity contribution >= 4 is 23.2 Å². The van der Waals surface area contributed by atoms with E-state index in [9.17, 15) is 4.79 Å². The summed E-state index contributed by atoms with van der Waals surface area (Å²) in [5.74, 6) is -0.0727. The number of pyridine rings is 1. The highest BCUT2D eigenvalue weighted by Gasteiger charge is 2.31. The first kappa shape index (κ1) is 15.1. The van der Waals surface area contributed by atoms with E-state index in [1.165, 1.54) is 6.20 Å². The number of anilines is 1. The average molecular weight is 296 g/mol. The van der Waals surface area contributed by atoms with Crippen LogP contribution in [0.5, 0.6) is 0 Å². The van der Waals surface area contributed by atoms with Gasteiger partial charge in [-0.05, 0) is 37.2 Å². The van der Waals surface area contributed by atoms with E-state index in [0.717, 1.165) is 25.7 Å². The number of halogens is 1. The lowest BCUT2D eigenvalue weighted by Gasteiger charge is -2.38. The fourth-order valence-electron chi connectivity index (χ4n) is 2.75. The van der Waals surface area contributed by atoms with Crippen LogP contribution >= 0.6 is 11.6 Å². The Hall–Kier alpha value is -1.29. The second-order valence-electron chi connectivity index (χ2n) is 6.41. The third kappa shape index (κ3) is 3.23. The molecule has 0 saturated heterocycles. The fourth-order valence-corrected chi connectivity index (χ4v) is 2.91. The van der Waals surface area contributed by atoms with E-state index in [4.69, 9.17) is 17.3 Å². The van der Waals surface area contributed by atoms with E-state index in [-0.39, 0.29) is 11.9 Å². The maximum atomic E-state index is 12.5. The van der Waals surface area contributed by atoms with E-state index in [1.54, 1.807) is 11.0 Å². The maximum absolute atomic E-state index is 12.5. The summed E-state index contributed by atoms with van der Waals surface area (Å²) in [7, 11) is 1.85. The van der Waals surface area contributed by atoms with Gasteiger partial charge < -0.3 is 10.6 Å². The van der Waals surface area contributed by atoms with Crippen molar-refractivity contribution in [2.24, 2.45) is 5.41 Å². The number of nitrogen functional groups attached to an aromatic ring is 1. The number of nitrogens with two attached hydrogens (primary N) is 1. The molecule has 0 atom stereocenters. The van der Waals surface area contributed by atoms with Crippen LogP contribution in [0.1, 0.15) is 49.9 Å². The third-order valence-corrected chi connectivity index (χ3v) is 4.52. The normalized spacial score (nSPS) is 18.8. The molecule has 1 aliphatic carbocycles. The van der Waals surface area contributed by atoms with E-state index in [2.05, 4.69) is 18.8 Å². The van der Waals surface area contributed by atoms with Crippen LogP contribution in [-0.4, -0.2) is 28.9 Å². The molecule has 1 amide bonds. The van der Waals surface area contributed by atoms with Gasteiger partial charge in [0.15, 0.2) is 0 Å². The molecular weight excluding hydrogens is 274 g/mol. The third-order valence-electron chi connectivity index (χ3n) is 4.31. The quantitative estimate of drug-likeness (QED) is 0.851. The number of rotatable bonds is 2. The lowest BCUT2D eigenvalue weighted by Crippen LogP contribution is -2.41. The first-order valence-corrected chi connectivity index (χ1v) is 7.36. The van der Waals surface area contributed by atoms with E-state index in [0.29, 0.717) is 21.8 Å². The van der Waals surface area contributed by atoms with Crippen LogP contribution in [0.3, 0.4) is 0 Å². The predicted molar refractivity (Wildman–Crippen MR) is 81.8 cm³/mol. The lowest BCUT2D eigenvalue weighted by molar-refractivity contribution is 0.0636. The smallest absolute Gasteiger partial charge is 0.256 e. The Morgan fingerprint density at radius 3 is 2.65 bits per heavy atom. The number of aromatic nitrogens is 1. The minimum Gasteiger partial charge on any atom is -0.397 e. The first-order chi connectivity index (χ1) is 9.30. The Labute approximate surface area is 125 Å². The van der Waals surface area contributed by atoms with Crippen LogP contribution in [0.2, 0.25) is 5.15 Å². The molecule has 1 aliphatic rings. The van der Waals surface area contributed by atoms with Gasteiger partial charge in [-0.1, -0.05) is 25.4 Å². The number of hydrogen-bond acceptors (Lipinski definition) is 3. The van der Waals surface area contributed by atoms with Crippen LogP contribution in [0.25, 0.3) is 0 Å². The van der Waals surface area contributed by atoms with Gasteiger partial charge in [-0.15, -0.1) is 0 Å². The number of nitrogens with zero attached hydrogens (tertiary/aromatic N) is 2. The van der Waals surface area contributed by atoms with Crippen LogP contribution < -0.4 is 5.73 Å². The molecule has 1 heterocycles. The lowest BCUT2D eigenvalue weighted by atomic mass is 9.75. The number of hydrogen-bond donors (Lipinski definition) is 1. The fraction of sp³-hybridized carbons (Fsp3) is 0.600. The Bertz CT molecular complexity index is 506. The van der Waals surface area contributed by atoms with Crippen molar-refractivity contribution in [2.75, 3.05) is 12.8 Å². The van der Waals surface area contributed by atoms with E-state index >= 15 is 0 Å². The topological polar surface area (TPSA) is 59.2 Å². The molecule has 0 aromatic carbocycles. The van der Waals surface area contributed by atoms with Crippen molar-refractivity contribution in [3.8, 4) is 0 Å². The molecule has 0 unspecified atom stereocenters. The molecular formula is C15H22ClN3O. The van der Waals surface area contributed by atoms with Crippen molar-refractivity contribution in [2.45, 2.75) is 45.6 Å². The van der Waals surface area contributed by atoms with Gasteiger partial charge in [0.05, 0.1) is 17.4 Å². The number of amides is 1. The Morgan fingerprint density at radius 2 is 2.05 bits per heavy atom. The van der Waals surface area contributed by atoms with Crippen LogP contribution in [0.15, 0.2) is 12.3 Å².